The maximum Gasteiger partial charge on any atom is 0.154 e. The van der Waals surface area contributed by atoms with Crippen LogP contribution < -0.4 is 5.73 Å². The molecule has 1 rings (SSSR count). The van der Waals surface area contributed by atoms with E-state index in [1.165, 1.54) is 0 Å². The van der Waals surface area contributed by atoms with E-state index in [2.05, 4.69) is 13.8 Å². The molecule has 1 aliphatic carbocycles. The average Bonchev–Trinajstić information content (AvgIpc) is 2.21. The Morgan fingerprint density at radius 2 is 1.88 bits per heavy atom. The molecule has 1 fully saturated rings. The molecule has 0 aliphatic heterocycles. The molecule has 0 bridgehead atoms. The summed E-state index contributed by atoms with van der Waals surface area (Å²) in [5.41, 5.74) is 5.75. The number of sulfone groups is 1. The molecule has 2 N–H and O–H groups in total. The lowest BCUT2D eigenvalue weighted by Gasteiger charge is -2.32. The molecule has 4 heteroatoms. The molecule has 0 aromatic heterocycles. The summed E-state index contributed by atoms with van der Waals surface area (Å²) in [4.78, 5) is 0. The first-order valence-corrected chi connectivity index (χ1v) is 8.05. The van der Waals surface area contributed by atoms with E-state index in [-0.39, 0.29) is 17.0 Å². The second kappa shape index (κ2) is 5.50. The summed E-state index contributed by atoms with van der Waals surface area (Å²) >= 11 is 0. The second-order valence-electron chi connectivity index (χ2n) is 5.39. The van der Waals surface area contributed by atoms with Crippen molar-refractivity contribution in [3.8, 4) is 0 Å². The van der Waals surface area contributed by atoms with Crippen molar-refractivity contribution in [2.75, 3.05) is 5.75 Å². The molecule has 4 unspecified atom stereocenters. The van der Waals surface area contributed by atoms with Gasteiger partial charge in [0.1, 0.15) is 0 Å². The molecule has 0 amide bonds. The maximum absolute atomic E-state index is 12.1. The first-order valence-electron chi connectivity index (χ1n) is 6.34. The lowest BCUT2D eigenvalue weighted by Crippen LogP contribution is -2.38. The van der Waals surface area contributed by atoms with E-state index in [0.29, 0.717) is 11.8 Å². The zero-order valence-electron chi connectivity index (χ0n) is 10.6. The molecule has 96 valence electrons. The van der Waals surface area contributed by atoms with E-state index >= 15 is 0 Å². The number of nitrogens with two attached hydrogens (primary N) is 1. The van der Waals surface area contributed by atoms with Crippen LogP contribution in [-0.4, -0.2) is 25.5 Å². The highest BCUT2D eigenvalue weighted by Gasteiger charge is 2.33. The highest BCUT2D eigenvalue weighted by atomic mass is 32.2. The summed E-state index contributed by atoms with van der Waals surface area (Å²) in [5.74, 6) is 1.34. The van der Waals surface area contributed by atoms with Gasteiger partial charge < -0.3 is 5.73 Å². The molecule has 0 spiro atoms. The van der Waals surface area contributed by atoms with Crippen molar-refractivity contribution >= 4 is 9.84 Å². The number of rotatable bonds is 4. The van der Waals surface area contributed by atoms with E-state index in [1.807, 2.05) is 6.92 Å². The fourth-order valence-corrected chi connectivity index (χ4v) is 4.57. The first kappa shape index (κ1) is 14.0. The molecule has 0 saturated heterocycles. The van der Waals surface area contributed by atoms with Gasteiger partial charge >= 0.3 is 0 Å². The van der Waals surface area contributed by atoms with Crippen molar-refractivity contribution in [1.82, 2.24) is 0 Å². The van der Waals surface area contributed by atoms with Gasteiger partial charge in [-0.25, -0.2) is 8.42 Å². The highest BCUT2D eigenvalue weighted by Crippen LogP contribution is 2.33. The molecule has 0 aromatic carbocycles. The van der Waals surface area contributed by atoms with Crippen molar-refractivity contribution in [2.45, 2.75) is 57.7 Å². The third-order valence-electron chi connectivity index (χ3n) is 4.03. The van der Waals surface area contributed by atoms with Crippen molar-refractivity contribution in [3.05, 3.63) is 0 Å². The minimum absolute atomic E-state index is 0.142. The van der Waals surface area contributed by atoms with Gasteiger partial charge in [-0.2, -0.15) is 0 Å². The van der Waals surface area contributed by atoms with Gasteiger partial charge in [0.25, 0.3) is 0 Å². The fourth-order valence-electron chi connectivity index (χ4n) is 2.38. The van der Waals surface area contributed by atoms with Crippen LogP contribution in [-0.2, 0) is 9.84 Å². The quantitative estimate of drug-likeness (QED) is 0.826. The Balaban J connectivity index is 2.63. The van der Waals surface area contributed by atoms with Gasteiger partial charge in [-0.3, -0.25) is 0 Å². The molecule has 3 nitrogen and oxygen atoms in total. The monoisotopic (exact) mass is 247 g/mol. The van der Waals surface area contributed by atoms with Gasteiger partial charge in [0, 0.05) is 6.04 Å². The number of hydrogen-bond acceptors (Lipinski definition) is 3. The van der Waals surface area contributed by atoms with Crippen LogP contribution in [0, 0.1) is 11.8 Å². The summed E-state index contributed by atoms with van der Waals surface area (Å²) in [6, 6.07) is -0.195. The van der Waals surface area contributed by atoms with Crippen LogP contribution in [0.4, 0.5) is 0 Å². The summed E-state index contributed by atoms with van der Waals surface area (Å²) in [5, 5.41) is -0.142. The molecule has 1 saturated carbocycles. The summed E-state index contributed by atoms with van der Waals surface area (Å²) in [7, 11) is -2.98. The predicted octanol–water partition coefficient (Wildman–Crippen LogP) is 1.96. The summed E-state index contributed by atoms with van der Waals surface area (Å²) < 4.78 is 24.3. The topological polar surface area (TPSA) is 60.2 Å². The Kier molecular flexibility index (Phi) is 4.80. The number of hydrogen-bond donors (Lipinski definition) is 1. The van der Waals surface area contributed by atoms with E-state index in [9.17, 15) is 8.42 Å². The van der Waals surface area contributed by atoms with Gasteiger partial charge in [0.05, 0.1) is 11.0 Å². The molecule has 16 heavy (non-hydrogen) atoms. The molecular weight excluding hydrogens is 222 g/mol. The molecule has 1 aliphatic rings. The lowest BCUT2D eigenvalue weighted by atomic mass is 9.81. The van der Waals surface area contributed by atoms with Crippen molar-refractivity contribution < 1.29 is 8.42 Å². The predicted molar refractivity (Wildman–Crippen MR) is 68.0 cm³/mol. The first-order chi connectivity index (χ1) is 7.36. The Morgan fingerprint density at radius 1 is 1.25 bits per heavy atom. The van der Waals surface area contributed by atoms with E-state index < -0.39 is 9.84 Å². The van der Waals surface area contributed by atoms with Gasteiger partial charge in [-0.15, -0.1) is 0 Å². The van der Waals surface area contributed by atoms with Crippen LogP contribution in [0.2, 0.25) is 0 Å². The zero-order chi connectivity index (χ0) is 12.3. The highest BCUT2D eigenvalue weighted by molar-refractivity contribution is 7.92. The summed E-state index contributed by atoms with van der Waals surface area (Å²) in [6.45, 7) is 6.31. The normalized spacial score (nSPS) is 33.6. The molecule has 0 aromatic rings. The van der Waals surface area contributed by atoms with Gasteiger partial charge in [-0.1, -0.05) is 20.8 Å². The van der Waals surface area contributed by atoms with Crippen molar-refractivity contribution in [1.29, 1.82) is 0 Å². The van der Waals surface area contributed by atoms with Crippen LogP contribution in [0.25, 0.3) is 0 Å². The fraction of sp³-hybridized carbons (Fsp3) is 1.00. The average molecular weight is 247 g/mol. The van der Waals surface area contributed by atoms with Crippen LogP contribution >= 0.6 is 0 Å². The lowest BCUT2D eigenvalue weighted by molar-refractivity contribution is 0.278. The van der Waals surface area contributed by atoms with Gasteiger partial charge in [0.15, 0.2) is 9.84 Å². The Hall–Kier alpha value is -0.0900. The maximum atomic E-state index is 12.1. The third kappa shape index (κ3) is 3.45. The Morgan fingerprint density at radius 3 is 2.38 bits per heavy atom. The SMILES string of the molecule is CCC(N)CS(=O)(=O)C1CCC(C)C(C)C1. The third-order valence-corrected chi connectivity index (χ3v) is 6.37. The summed E-state index contributed by atoms with van der Waals surface area (Å²) in [6.07, 6.45) is 3.41. The van der Waals surface area contributed by atoms with E-state index in [4.69, 9.17) is 5.73 Å². The van der Waals surface area contributed by atoms with Crippen LogP contribution in [0.5, 0.6) is 0 Å². The second-order valence-corrected chi connectivity index (χ2v) is 7.71. The molecule has 0 heterocycles. The van der Waals surface area contributed by atoms with Crippen LogP contribution in [0.15, 0.2) is 0 Å². The Bertz CT molecular complexity index is 313. The van der Waals surface area contributed by atoms with Crippen LogP contribution in [0.1, 0.15) is 46.5 Å². The molecular formula is C12H25NO2S. The minimum atomic E-state index is -2.98. The van der Waals surface area contributed by atoms with E-state index in [1.54, 1.807) is 0 Å². The standard InChI is InChI=1S/C12H25NO2S/c1-4-11(13)8-16(14,15)12-6-5-9(2)10(3)7-12/h9-12H,4-8,13H2,1-3H3. The van der Waals surface area contributed by atoms with Gasteiger partial charge in [-0.05, 0) is 37.5 Å². The molecule has 0 radical (unpaired) electrons. The van der Waals surface area contributed by atoms with Gasteiger partial charge in [0.2, 0.25) is 0 Å². The smallest absolute Gasteiger partial charge is 0.154 e. The Labute approximate surface area is 99.7 Å². The molecule has 4 atom stereocenters. The van der Waals surface area contributed by atoms with E-state index in [0.717, 1.165) is 25.7 Å². The largest absolute Gasteiger partial charge is 0.327 e. The van der Waals surface area contributed by atoms with Crippen LogP contribution in [0.3, 0.4) is 0 Å². The minimum Gasteiger partial charge on any atom is -0.327 e. The zero-order valence-corrected chi connectivity index (χ0v) is 11.5. The van der Waals surface area contributed by atoms with Crippen molar-refractivity contribution in [2.24, 2.45) is 17.6 Å². The van der Waals surface area contributed by atoms with Crippen molar-refractivity contribution in [3.63, 3.8) is 0 Å².